The van der Waals surface area contributed by atoms with E-state index in [0.29, 0.717) is 4.31 Å². The van der Waals surface area contributed by atoms with E-state index >= 15 is 0 Å². The van der Waals surface area contributed by atoms with Crippen LogP contribution >= 0.6 is 0 Å². The van der Waals surface area contributed by atoms with Crippen molar-refractivity contribution in [1.82, 2.24) is 9.62 Å². The average Bonchev–Trinajstić information content (AvgIpc) is 2.61. The van der Waals surface area contributed by atoms with Gasteiger partial charge in [0.1, 0.15) is 5.57 Å². The first-order chi connectivity index (χ1) is 11.8. The maximum Gasteiger partial charge on any atom is 0.266 e. The van der Waals surface area contributed by atoms with Gasteiger partial charge in [-0.2, -0.15) is 0 Å². The predicted molar refractivity (Wildman–Crippen MR) is 89.9 cm³/mol. The van der Waals surface area contributed by atoms with Crippen LogP contribution in [-0.4, -0.2) is 36.7 Å². The summed E-state index contributed by atoms with van der Waals surface area (Å²) in [5.74, 6) is -2.28. The number of fused-ring (bicyclic) bond motifs is 1. The van der Waals surface area contributed by atoms with E-state index in [0.717, 1.165) is 7.05 Å². The highest BCUT2D eigenvalue weighted by molar-refractivity contribution is 7.89. The highest BCUT2D eigenvalue weighted by atomic mass is 32.2. The van der Waals surface area contributed by atoms with Gasteiger partial charge in [-0.3, -0.25) is 14.9 Å². The van der Waals surface area contributed by atoms with Crippen LogP contribution in [0.25, 0.3) is 5.57 Å². The van der Waals surface area contributed by atoms with Crippen LogP contribution in [0.4, 0.5) is 0 Å². The summed E-state index contributed by atoms with van der Waals surface area (Å²) in [5.41, 5.74) is 0.0229. The fourth-order valence-electron chi connectivity index (χ4n) is 2.49. The lowest BCUT2D eigenvalue weighted by Crippen LogP contribution is -2.38. The molecule has 0 spiro atoms. The molecule has 0 fully saturated rings. The molecular weight excluding hydrogens is 344 g/mol. The van der Waals surface area contributed by atoms with Crippen LogP contribution < -0.4 is 5.32 Å². The summed E-state index contributed by atoms with van der Waals surface area (Å²) in [7, 11) is -2.82. The summed E-state index contributed by atoms with van der Waals surface area (Å²) in [4.78, 5) is 24.6. The van der Waals surface area contributed by atoms with Gasteiger partial charge in [0.15, 0.2) is 0 Å². The predicted octanol–water partition coefficient (Wildman–Crippen LogP) is 1.50. The van der Waals surface area contributed by atoms with E-state index in [1.54, 1.807) is 24.3 Å². The number of nitrogens with zero attached hydrogens (tertiary/aromatic N) is 1. The number of nitrogens with one attached hydrogen (secondary N) is 1. The molecule has 2 N–H and O–H groups in total. The van der Waals surface area contributed by atoms with Crippen molar-refractivity contribution in [3.8, 4) is 0 Å². The smallest absolute Gasteiger partial charge is 0.266 e. The standard InChI is InChI=1S/C17H14N2O5S/c1-19-17(22)14(12-9-5-6-10-13(12)25(19,23)24)16(21)18-15(20)11-7-3-2-4-8-11/h2-10,22H,1H3,(H,18,20,21). The van der Waals surface area contributed by atoms with Gasteiger partial charge in [-0.25, -0.2) is 12.7 Å². The van der Waals surface area contributed by atoms with Crippen LogP contribution in [0.1, 0.15) is 15.9 Å². The van der Waals surface area contributed by atoms with Gasteiger partial charge in [0.05, 0.1) is 4.90 Å². The topological polar surface area (TPSA) is 104 Å². The van der Waals surface area contributed by atoms with Crippen molar-refractivity contribution in [2.45, 2.75) is 4.90 Å². The molecule has 128 valence electrons. The zero-order valence-electron chi connectivity index (χ0n) is 13.1. The van der Waals surface area contributed by atoms with Crippen molar-refractivity contribution < 1.29 is 23.1 Å². The Hall–Kier alpha value is -3.13. The first-order valence-corrected chi connectivity index (χ1v) is 8.70. The van der Waals surface area contributed by atoms with E-state index in [1.807, 2.05) is 0 Å². The normalized spacial score (nSPS) is 15.5. The second-order valence-corrected chi connectivity index (χ2v) is 7.25. The summed E-state index contributed by atoms with van der Waals surface area (Å²) in [6.45, 7) is 0. The highest BCUT2D eigenvalue weighted by Gasteiger charge is 2.37. The Morgan fingerprint density at radius 3 is 2.24 bits per heavy atom. The van der Waals surface area contributed by atoms with Crippen LogP contribution in [0.2, 0.25) is 0 Å². The lowest BCUT2D eigenvalue weighted by Gasteiger charge is -2.27. The molecule has 2 amide bonds. The van der Waals surface area contributed by atoms with Crippen molar-refractivity contribution in [2.24, 2.45) is 0 Å². The van der Waals surface area contributed by atoms with E-state index in [4.69, 9.17) is 0 Å². The molecule has 3 rings (SSSR count). The Morgan fingerprint density at radius 2 is 1.56 bits per heavy atom. The lowest BCUT2D eigenvalue weighted by molar-refractivity contribution is -0.114. The third-order valence-corrected chi connectivity index (χ3v) is 5.61. The number of aliphatic hydroxyl groups is 1. The number of carbonyl (C=O) groups excluding carboxylic acids is 2. The average molecular weight is 358 g/mol. The van der Waals surface area contributed by atoms with Gasteiger partial charge in [0.2, 0.25) is 5.88 Å². The van der Waals surface area contributed by atoms with Crippen molar-refractivity contribution in [1.29, 1.82) is 0 Å². The molecule has 2 aromatic carbocycles. The Balaban J connectivity index is 2.02. The highest BCUT2D eigenvalue weighted by Crippen LogP contribution is 2.34. The van der Waals surface area contributed by atoms with Gasteiger partial charge in [0.25, 0.3) is 21.8 Å². The number of carbonyl (C=O) groups is 2. The zero-order valence-corrected chi connectivity index (χ0v) is 13.9. The molecule has 0 aromatic heterocycles. The molecule has 1 aliphatic rings. The fourth-order valence-corrected chi connectivity index (χ4v) is 3.80. The molecule has 1 heterocycles. The largest absolute Gasteiger partial charge is 0.493 e. The number of aliphatic hydroxyl groups excluding tert-OH is 1. The Labute approximate surface area is 144 Å². The molecule has 0 atom stereocenters. The molecule has 0 unspecified atom stereocenters. The molecule has 0 bridgehead atoms. The van der Waals surface area contributed by atoms with Gasteiger partial charge in [-0.05, 0) is 18.2 Å². The van der Waals surface area contributed by atoms with E-state index in [9.17, 15) is 23.1 Å². The second kappa shape index (κ2) is 6.06. The zero-order chi connectivity index (χ0) is 18.2. The fraction of sp³-hybridized carbons (Fsp3) is 0.0588. The van der Waals surface area contributed by atoms with E-state index in [2.05, 4.69) is 5.32 Å². The molecular formula is C17H14N2O5S. The van der Waals surface area contributed by atoms with Crippen molar-refractivity contribution in [2.75, 3.05) is 7.05 Å². The van der Waals surface area contributed by atoms with Gasteiger partial charge in [-0.1, -0.05) is 36.4 Å². The number of sulfonamides is 1. The molecule has 0 saturated heterocycles. The number of imide groups is 1. The molecule has 7 nitrogen and oxygen atoms in total. The Kier molecular flexibility index (Phi) is 4.05. The summed E-state index contributed by atoms with van der Waals surface area (Å²) >= 11 is 0. The molecule has 0 radical (unpaired) electrons. The van der Waals surface area contributed by atoms with E-state index < -0.39 is 27.7 Å². The van der Waals surface area contributed by atoms with E-state index in [1.165, 1.54) is 30.3 Å². The second-order valence-electron chi connectivity index (χ2n) is 5.32. The number of rotatable bonds is 2. The van der Waals surface area contributed by atoms with Crippen molar-refractivity contribution in [3.05, 3.63) is 71.6 Å². The van der Waals surface area contributed by atoms with Crippen LogP contribution in [0.5, 0.6) is 0 Å². The third kappa shape index (κ3) is 2.76. The van der Waals surface area contributed by atoms with Crippen LogP contribution in [0, 0.1) is 0 Å². The Morgan fingerprint density at radius 1 is 0.960 bits per heavy atom. The minimum atomic E-state index is -3.96. The minimum Gasteiger partial charge on any atom is -0.493 e. The van der Waals surface area contributed by atoms with Crippen molar-refractivity contribution >= 4 is 27.4 Å². The van der Waals surface area contributed by atoms with Crippen LogP contribution in [-0.2, 0) is 14.8 Å². The van der Waals surface area contributed by atoms with Crippen LogP contribution in [0.15, 0.2) is 65.4 Å². The van der Waals surface area contributed by atoms with Gasteiger partial charge < -0.3 is 5.11 Å². The number of amides is 2. The molecule has 0 saturated carbocycles. The molecule has 8 heteroatoms. The summed E-state index contributed by atoms with van der Waals surface area (Å²) in [6, 6.07) is 13.9. The quantitative estimate of drug-likeness (QED) is 0.792. The van der Waals surface area contributed by atoms with Gasteiger partial charge in [0, 0.05) is 18.2 Å². The monoisotopic (exact) mass is 358 g/mol. The summed E-state index contributed by atoms with van der Waals surface area (Å²) in [5, 5.41) is 12.4. The third-order valence-electron chi connectivity index (χ3n) is 3.81. The van der Waals surface area contributed by atoms with Gasteiger partial charge in [-0.15, -0.1) is 0 Å². The minimum absolute atomic E-state index is 0.0384. The lowest BCUT2D eigenvalue weighted by atomic mass is 10.0. The SMILES string of the molecule is CN1C(O)=C(C(=O)NC(=O)c2ccccc2)c2ccccc2S1(=O)=O. The molecule has 25 heavy (non-hydrogen) atoms. The maximum atomic E-state index is 12.5. The maximum absolute atomic E-state index is 12.5. The first kappa shape index (κ1) is 16.7. The molecule has 1 aliphatic heterocycles. The molecule has 2 aromatic rings. The number of hydrogen-bond acceptors (Lipinski definition) is 5. The van der Waals surface area contributed by atoms with Crippen LogP contribution in [0.3, 0.4) is 0 Å². The van der Waals surface area contributed by atoms with Crippen molar-refractivity contribution in [3.63, 3.8) is 0 Å². The number of hydrogen-bond donors (Lipinski definition) is 2. The van der Waals surface area contributed by atoms with E-state index in [-0.39, 0.29) is 21.6 Å². The van der Waals surface area contributed by atoms with Gasteiger partial charge >= 0.3 is 0 Å². The summed E-state index contributed by atoms with van der Waals surface area (Å²) in [6.07, 6.45) is 0. The molecule has 0 aliphatic carbocycles. The summed E-state index contributed by atoms with van der Waals surface area (Å²) < 4.78 is 25.3. The Bertz CT molecular complexity index is 997. The first-order valence-electron chi connectivity index (χ1n) is 7.26. The number of benzene rings is 2.